The number of aromatic nitrogens is 1. The molecule has 1 atom stereocenters. The Morgan fingerprint density at radius 3 is 2.39 bits per heavy atom. The molecule has 96 valence electrons. The first-order valence-corrected chi connectivity index (χ1v) is 7.22. The normalized spacial score (nSPS) is 12.4. The monoisotopic (exact) mass is 260 g/mol. The molecule has 0 saturated carbocycles. The Morgan fingerprint density at radius 1 is 1.22 bits per heavy atom. The molecule has 0 bridgehead atoms. The van der Waals surface area contributed by atoms with Crippen molar-refractivity contribution in [1.29, 1.82) is 0 Å². The van der Waals surface area contributed by atoms with Gasteiger partial charge in [0.1, 0.15) is 0 Å². The van der Waals surface area contributed by atoms with E-state index in [1.165, 1.54) is 16.9 Å². The molecule has 2 nitrogen and oxygen atoms in total. The average Bonchev–Trinajstić information content (AvgIpc) is 2.68. The topological polar surface area (TPSA) is 24.9 Å². The van der Waals surface area contributed by atoms with E-state index in [1.807, 2.05) is 6.92 Å². The third-order valence-electron chi connectivity index (χ3n) is 3.37. The second-order valence-corrected chi connectivity index (χ2v) is 5.92. The highest BCUT2D eigenvalue weighted by atomic mass is 32.1. The van der Waals surface area contributed by atoms with Crippen molar-refractivity contribution >= 4 is 22.2 Å². The lowest BCUT2D eigenvalue weighted by Crippen LogP contribution is -1.93. The van der Waals surface area contributed by atoms with Gasteiger partial charge in [-0.05, 0) is 43.9 Å². The fourth-order valence-electron chi connectivity index (χ4n) is 1.78. The number of rotatable bonds is 4. The maximum absolute atomic E-state index is 4.49. The largest absolute Gasteiger partial charge is 0.332 e. The van der Waals surface area contributed by atoms with Gasteiger partial charge in [0.25, 0.3) is 0 Å². The molecule has 1 aromatic carbocycles. The number of hydrogen-bond acceptors (Lipinski definition) is 3. The van der Waals surface area contributed by atoms with E-state index in [0.29, 0.717) is 5.92 Å². The summed E-state index contributed by atoms with van der Waals surface area (Å²) in [7, 11) is 0. The van der Waals surface area contributed by atoms with Crippen LogP contribution in [0.25, 0.3) is 0 Å². The number of thiazole rings is 1. The summed E-state index contributed by atoms with van der Waals surface area (Å²) in [6, 6.07) is 8.66. The van der Waals surface area contributed by atoms with Gasteiger partial charge < -0.3 is 5.32 Å². The Kier molecular flexibility index (Phi) is 4.02. The van der Waals surface area contributed by atoms with Crippen LogP contribution < -0.4 is 5.32 Å². The minimum atomic E-state index is 0.628. The van der Waals surface area contributed by atoms with Crippen molar-refractivity contribution in [3.63, 3.8) is 0 Å². The number of nitrogens with zero attached hydrogens (tertiary/aromatic N) is 1. The highest BCUT2D eigenvalue weighted by Crippen LogP contribution is 2.26. The Hall–Kier alpha value is -1.35. The minimum Gasteiger partial charge on any atom is -0.332 e. The molecule has 0 amide bonds. The third kappa shape index (κ3) is 2.91. The maximum Gasteiger partial charge on any atom is 0.187 e. The van der Waals surface area contributed by atoms with E-state index in [2.05, 4.69) is 55.3 Å². The van der Waals surface area contributed by atoms with Crippen molar-refractivity contribution in [2.24, 2.45) is 0 Å². The summed E-state index contributed by atoms with van der Waals surface area (Å²) < 4.78 is 0. The van der Waals surface area contributed by atoms with Crippen molar-refractivity contribution in [2.45, 2.75) is 40.0 Å². The molecule has 0 aliphatic carbocycles. The van der Waals surface area contributed by atoms with Gasteiger partial charge in [0.15, 0.2) is 5.13 Å². The van der Waals surface area contributed by atoms with Gasteiger partial charge in [-0.3, -0.25) is 0 Å². The van der Waals surface area contributed by atoms with E-state index in [9.17, 15) is 0 Å². The van der Waals surface area contributed by atoms with Crippen molar-refractivity contribution in [1.82, 2.24) is 4.98 Å². The van der Waals surface area contributed by atoms with Crippen molar-refractivity contribution in [3.05, 3.63) is 40.4 Å². The van der Waals surface area contributed by atoms with Crippen LogP contribution in [-0.2, 0) is 0 Å². The fourth-order valence-corrected chi connectivity index (χ4v) is 2.62. The zero-order valence-electron chi connectivity index (χ0n) is 11.4. The average molecular weight is 260 g/mol. The van der Waals surface area contributed by atoms with Crippen LogP contribution >= 0.6 is 11.3 Å². The summed E-state index contributed by atoms with van der Waals surface area (Å²) >= 11 is 1.70. The molecule has 1 heterocycles. The Morgan fingerprint density at radius 2 is 1.89 bits per heavy atom. The molecule has 2 aromatic rings. The lowest BCUT2D eigenvalue weighted by atomic mass is 9.99. The molecule has 18 heavy (non-hydrogen) atoms. The first kappa shape index (κ1) is 13.1. The molecule has 1 aromatic heterocycles. The molecule has 0 fully saturated rings. The van der Waals surface area contributed by atoms with Crippen LogP contribution in [0.5, 0.6) is 0 Å². The van der Waals surface area contributed by atoms with Crippen molar-refractivity contribution < 1.29 is 0 Å². The molecular weight excluding hydrogens is 240 g/mol. The van der Waals surface area contributed by atoms with Crippen LogP contribution in [0.3, 0.4) is 0 Å². The highest BCUT2D eigenvalue weighted by Gasteiger charge is 2.05. The molecule has 0 spiro atoms. The first-order chi connectivity index (χ1) is 8.60. The van der Waals surface area contributed by atoms with Gasteiger partial charge in [-0.25, -0.2) is 4.98 Å². The molecule has 2 rings (SSSR count). The van der Waals surface area contributed by atoms with Crippen molar-refractivity contribution in [3.8, 4) is 0 Å². The molecule has 0 aliphatic rings. The van der Waals surface area contributed by atoms with Gasteiger partial charge in [0, 0.05) is 10.6 Å². The lowest BCUT2D eigenvalue weighted by molar-refractivity contribution is 0.734. The summed E-state index contributed by atoms with van der Waals surface area (Å²) in [5.41, 5.74) is 3.61. The van der Waals surface area contributed by atoms with Crippen LogP contribution in [0.15, 0.2) is 24.3 Å². The summed E-state index contributed by atoms with van der Waals surface area (Å²) in [6.45, 7) is 8.63. The quantitative estimate of drug-likeness (QED) is 0.835. The predicted octanol–water partition coefficient (Wildman–Crippen LogP) is 5.02. The molecule has 0 unspecified atom stereocenters. The Labute approximate surface area is 113 Å². The number of benzene rings is 1. The fraction of sp³-hybridized carbons (Fsp3) is 0.400. The molecule has 0 aliphatic heterocycles. The minimum absolute atomic E-state index is 0.628. The Bertz CT molecular complexity index is 494. The molecular formula is C15H20N2S. The molecule has 1 N–H and O–H groups in total. The molecule has 0 saturated heterocycles. The third-order valence-corrected chi connectivity index (χ3v) is 4.36. The smallest absolute Gasteiger partial charge is 0.187 e. The van der Waals surface area contributed by atoms with Crippen LogP contribution in [0.1, 0.15) is 42.3 Å². The summed E-state index contributed by atoms with van der Waals surface area (Å²) in [6.07, 6.45) is 1.18. The number of hydrogen-bond donors (Lipinski definition) is 1. The number of anilines is 2. The summed E-state index contributed by atoms with van der Waals surface area (Å²) in [5, 5.41) is 4.33. The van der Waals surface area contributed by atoms with Crippen molar-refractivity contribution in [2.75, 3.05) is 5.32 Å². The van der Waals surface area contributed by atoms with Crippen LogP contribution in [0.2, 0.25) is 0 Å². The highest BCUT2D eigenvalue weighted by molar-refractivity contribution is 7.15. The van der Waals surface area contributed by atoms with E-state index in [4.69, 9.17) is 0 Å². The summed E-state index contributed by atoms with van der Waals surface area (Å²) in [4.78, 5) is 5.76. The van der Waals surface area contributed by atoms with Gasteiger partial charge in [0.05, 0.1) is 5.69 Å². The van der Waals surface area contributed by atoms with Crippen LogP contribution in [0.4, 0.5) is 10.8 Å². The molecule has 0 radical (unpaired) electrons. The van der Waals surface area contributed by atoms with Gasteiger partial charge in [-0.2, -0.15) is 0 Å². The zero-order valence-corrected chi connectivity index (χ0v) is 12.3. The number of aryl methyl sites for hydroxylation is 2. The van der Waals surface area contributed by atoms with E-state index in [1.54, 1.807) is 11.3 Å². The standard InChI is InChI=1S/C15H20N2S/c1-5-10(2)13-6-8-14(9-7-13)17-15-16-11(3)12(4)18-15/h6-10H,5H2,1-4H3,(H,16,17)/t10-/m1/s1. The SMILES string of the molecule is CC[C@@H](C)c1ccc(Nc2nc(C)c(C)s2)cc1. The van der Waals surface area contributed by atoms with E-state index in [-0.39, 0.29) is 0 Å². The van der Waals surface area contributed by atoms with Gasteiger partial charge >= 0.3 is 0 Å². The van der Waals surface area contributed by atoms with Gasteiger partial charge in [-0.15, -0.1) is 11.3 Å². The summed E-state index contributed by atoms with van der Waals surface area (Å²) in [5.74, 6) is 0.628. The second kappa shape index (κ2) is 5.53. The Balaban J connectivity index is 2.10. The van der Waals surface area contributed by atoms with E-state index < -0.39 is 0 Å². The zero-order chi connectivity index (χ0) is 13.1. The second-order valence-electron chi connectivity index (χ2n) is 4.72. The van der Waals surface area contributed by atoms with Crippen LogP contribution in [-0.4, -0.2) is 4.98 Å². The van der Waals surface area contributed by atoms with E-state index in [0.717, 1.165) is 16.5 Å². The van der Waals surface area contributed by atoms with E-state index >= 15 is 0 Å². The predicted molar refractivity (Wildman–Crippen MR) is 80.0 cm³/mol. The van der Waals surface area contributed by atoms with Crippen LogP contribution in [0, 0.1) is 13.8 Å². The first-order valence-electron chi connectivity index (χ1n) is 6.41. The lowest BCUT2D eigenvalue weighted by Gasteiger charge is -2.09. The molecule has 3 heteroatoms. The number of nitrogens with one attached hydrogen (secondary N) is 1. The van der Waals surface area contributed by atoms with Gasteiger partial charge in [0.2, 0.25) is 0 Å². The maximum atomic E-state index is 4.49. The van der Waals surface area contributed by atoms with Gasteiger partial charge in [-0.1, -0.05) is 26.0 Å².